The van der Waals surface area contributed by atoms with Gasteiger partial charge in [0.15, 0.2) is 5.96 Å². The molecule has 0 unspecified atom stereocenters. The number of carbonyl (C=O) groups excluding carboxylic acids is 1. The Morgan fingerprint density at radius 3 is 2.46 bits per heavy atom. The number of nitrogens with one attached hydrogen (secondary N) is 1. The average Bonchev–Trinajstić information content (AvgIpc) is 2.71. The highest BCUT2D eigenvalue weighted by Crippen LogP contribution is 2.18. The number of piperidine rings is 1. The second-order valence-electron chi connectivity index (χ2n) is 6.83. The van der Waals surface area contributed by atoms with Crippen molar-refractivity contribution >= 4 is 35.9 Å². The van der Waals surface area contributed by atoms with E-state index in [-0.39, 0.29) is 36.0 Å². The molecule has 1 N–H and O–H groups in total. The Hall–Kier alpha value is -1.51. The maximum atomic E-state index is 11.1. The molecular formula is C21H34IN3O3. The molecule has 1 fully saturated rings. The van der Waals surface area contributed by atoms with Gasteiger partial charge in [-0.3, -0.25) is 9.79 Å². The van der Waals surface area contributed by atoms with Crippen molar-refractivity contribution in [1.29, 1.82) is 0 Å². The van der Waals surface area contributed by atoms with Crippen LogP contribution in [0, 0.1) is 0 Å². The number of ether oxygens (including phenoxy) is 2. The number of hydrogen-bond acceptors (Lipinski definition) is 4. The first-order valence-corrected chi connectivity index (χ1v) is 9.97. The molecule has 7 heteroatoms. The van der Waals surface area contributed by atoms with Crippen molar-refractivity contribution in [3.8, 4) is 5.75 Å². The topological polar surface area (TPSA) is 63.2 Å². The molecule has 0 aliphatic carbocycles. The lowest BCUT2D eigenvalue weighted by Gasteiger charge is -2.34. The summed E-state index contributed by atoms with van der Waals surface area (Å²) in [4.78, 5) is 17.8. The Balaban J connectivity index is 0.00000392. The monoisotopic (exact) mass is 503 g/mol. The molecule has 1 aromatic carbocycles. The Morgan fingerprint density at radius 2 is 1.82 bits per heavy atom. The van der Waals surface area contributed by atoms with E-state index in [0.717, 1.165) is 69.9 Å². The lowest BCUT2D eigenvalue weighted by molar-refractivity contribution is -0.140. The van der Waals surface area contributed by atoms with Crippen LogP contribution in [-0.2, 0) is 9.53 Å². The van der Waals surface area contributed by atoms with E-state index in [1.807, 2.05) is 37.4 Å². The molecule has 1 heterocycles. The van der Waals surface area contributed by atoms with Crippen LogP contribution in [0.3, 0.4) is 0 Å². The molecule has 0 bridgehead atoms. The molecule has 6 nitrogen and oxygen atoms in total. The highest BCUT2D eigenvalue weighted by molar-refractivity contribution is 14.0. The number of unbranched alkanes of at least 4 members (excludes halogenated alkanes) is 3. The quantitative estimate of drug-likeness (QED) is 0.182. The third kappa shape index (κ3) is 9.12. The Labute approximate surface area is 186 Å². The van der Waals surface area contributed by atoms with E-state index in [9.17, 15) is 4.79 Å². The summed E-state index contributed by atoms with van der Waals surface area (Å²) in [6.07, 6.45) is 6.93. The van der Waals surface area contributed by atoms with Crippen molar-refractivity contribution in [2.75, 3.05) is 33.8 Å². The largest absolute Gasteiger partial charge is 0.490 e. The second-order valence-corrected chi connectivity index (χ2v) is 6.83. The molecule has 0 saturated carbocycles. The maximum Gasteiger partial charge on any atom is 0.305 e. The third-order valence-electron chi connectivity index (χ3n) is 4.82. The lowest BCUT2D eigenvalue weighted by Crippen LogP contribution is -2.47. The summed E-state index contributed by atoms with van der Waals surface area (Å²) in [6.45, 7) is 2.82. The molecule has 2 rings (SSSR count). The van der Waals surface area contributed by atoms with Gasteiger partial charge in [0, 0.05) is 45.9 Å². The summed E-state index contributed by atoms with van der Waals surface area (Å²) in [5.74, 6) is 1.81. The van der Waals surface area contributed by atoms with Crippen molar-refractivity contribution < 1.29 is 14.3 Å². The number of esters is 1. The van der Waals surface area contributed by atoms with E-state index >= 15 is 0 Å². The Bertz CT molecular complexity index is 576. The number of carbonyl (C=O) groups is 1. The molecule has 1 aromatic rings. The number of aliphatic imine (C=N–C) groups is 1. The maximum absolute atomic E-state index is 11.1. The molecular weight excluding hydrogens is 469 g/mol. The third-order valence-corrected chi connectivity index (χ3v) is 4.82. The summed E-state index contributed by atoms with van der Waals surface area (Å²) in [7, 11) is 3.28. The van der Waals surface area contributed by atoms with E-state index in [1.165, 1.54) is 7.11 Å². The average molecular weight is 503 g/mol. The first-order valence-electron chi connectivity index (χ1n) is 9.97. The van der Waals surface area contributed by atoms with Crippen molar-refractivity contribution in [1.82, 2.24) is 10.2 Å². The van der Waals surface area contributed by atoms with Crippen LogP contribution in [-0.4, -0.2) is 56.7 Å². The summed E-state index contributed by atoms with van der Waals surface area (Å²) < 4.78 is 10.7. The van der Waals surface area contributed by atoms with E-state index in [1.54, 1.807) is 0 Å². The fourth-order valence-electron chi connectivity index (χ4n) is 3.26. The molecule has 28 heavy (non-hydrogen) atoms. The predicted octanol–water partition coefficient (Wildman–Crippen LogP) is 3.85. The minimum atomic E-state index is -0.117. The van der Waals surface area contributed by atoms with E-state index in [0.29, 0.717) is 6.42 Å². The van der Waals surface area contributed by atoms with Crippen LogP contribution < -0.4 is 10.1 Å². The number of halogens is 1. The van der Waals surface area contributed by atoms with E-state index in [2.05, 4.69) is 19.9 Å². The van der Waals surface area contributed by atoms with Crippen molar-refractivity contribution in [2.45, 2.75) is 51.0 Å². The zero-order chi connectivity index (χ0) is 19.3. The zero-order valence-corrected chi connectivity index (χ0v) is 19.4. The van der Waals surface area contributed by atoms with Crippen LogP contribution in [0.4, 0.5) is 0 Å². The summed E-state index contributed by atoms with van der Waals surface area (Å²) in [6, 6.07) is 10.0. The van der Waals surface area contributed by atoms with Gasteiger partial charge >= 0.3 is 5.97 Å². The molecule has 1 saturated heterocycles. The summed E-state index contributed by atoms with van der Waals surface area (Å²) in [5, 5.41) is 3.46. The number of para-hydroxylation sites is 1. The van der Waals surface area contributed by atoms with Crippen molar-refractivity contribution in [3.63, 3.8) is 0 Å². The molecule has 0 amide bonds. The number of hydrogen-bond donors (Lipinski definition) is 1. The number of likely N-dealkylation sites (tertiary alicyclic amines) is 1. The molecule has 0 spiro atoms. The fraction of sp³-hybridized carbons (Fsp3) is 0.619. The van der Waals surface area contributed by atoms with Crippen molar-refractivity contribution in [3.05, 3.63) is 30.3 Å². The van der Waals surface area contributed by atoms with Gasteiger partial charge < -0.3 is 19.7 Å². The SMILES string of the molecule is CN=C(NCCCCCCC(=O)OC)N1CCC(Oc2ccccc2)CC1.I. The van der Waals surface area contributed by atoms with Gasteiger partial charge in [-0.1, -0.05) is 31.0 Å². The summed E-state index contributed by atoms with van der Waals surface area (Å²) in [5.41, 5.74) is 0. The minimum absolute atomic E-state index is 0. The number of nitrogens with zero attached hydrogens (tertiary/aromatic N) is 2. The molecule has 0 aromatic heterocycles. The number of methoxy groups -OCH3 is 1. The lowest BCUT2D eigenvalue weighted by atomic mass is 10.1. The number of guanidine groups is 1. The summed E-state index contributed by atoms with van der Waals surface area (Å²) >= 11 is 0. The van der Waals surface area contributed by atoms with Gasteiger partial charge in [-0.25, -0.2) is 0 Å². The Morgan fingerprint density at radius 1 is 1.14 bits per heavy atom. The van der Waals surface area contributed by atoms with Gasteiger partial charge in [0.2, 0.25) is 0 Å². The Kier molecular flexibility index (Phi) is 12.7. The van der Waals surface area contributed by atoms with Gasteiger partial charge in [-0.05, 0) is 25.0 Å². The van der Waals surface area contributed by atoms with Crippen LogP contribution in [0.5, 0.6) is 5.75 Å². The first-order chi connectivity index (χ1) is 13.2. The van der Waals surface area contributed by atoms with Gasteiger partial charge in [0.25, 0.3) is 0 Å². The van der Waals surface area contributed by atoms with Crippen LogP contribution in [0.25, 0.3) is 0 Å². The van der Waals surface area contributed by atoms with E-state index in [4.69, 9.17) is 4.74 Å². The number of benzene rings is 1. The smallest absolute Gasteiger partial charge is 0.305 e. The van der Waals surface area contributed by atoms with Crippen LogP contribution >= 0.6 is 24.0 Å². The fourth-order valence-corrected chi connectivity index (χ4v) is 3.26. The van der Waals surface area contributed by atoms with Crippen LogP contribution in [0.2, 0.25) is 0 Å². The highest BCUT2D eigenvalue weighted by atomic mass is 127. The van der Waals surface area contributed by atoms with Gasteiger partial charge in [0.05, 0.1) is 7.11 Å². The molecule has 1 aliphatic heterocycles. The molecule has 0 atom stereocenters. The van der Waals surface area contributed by atoms with E-state index < -0.39 is 0 Å². The molecule has 1 aliphatic rings. The normalized spacial score (nSPS) is 14.9. The van der Waals surface area contributed by atoms with Crippen molar-refractivity contribution in [2.24, 2.45) is 4.99 Å². The molecule has 158 valence electrons. The van der Waals surface area contributed by atoms with Crippen LogP contribution in [0.1, 0.15) is 44.9 Å². The van der Waals surface area contributed by atoms with Gasteiger partial charge in [-0.2, -0.15) is 0 Å². The first kappa shape index (κ1) is 24.5. The minimum Gasteiger partial charge on any atom is -0.490 e. The predicted molar refractivity (Wildman–Crippen MR) is 124 cm³/mol. The standard InChI is InChI=1S/C21H33N3O3.HI/c1-22-21(23-15-9-4-3-8-12-20(25)26-2)24-16-13-19(14-17-24)27-18-10-6-5-7-11-18;/h5-7,10-11,19H,3-4,8-9,12-17H2,1-2H3,(H,22,23);1H. The number of rotatable bonds is 9. The second kappa shape index (κ2) is 14.5. The molecule has 0 radical (unpaired) electrons. The van der Waals surface area contributed by atoms with Gasteiger partial charge in [-0.15, -0.1) is 24.0 Å². The highest BCUT2D eigenvalue weighted by Gasteiger charge is 2.22. The van der Waals surface area contributed by atoms with Gasteiger partial charge in [0.1, 0.15) is 11.9 Å². The van der Waals surface area contributed by atoms with Crippen LogP contribution in [0.15, 0.2) is 35.3 Å². The zero-order valence-electron chi connectivity index (χ0n) is 17.1.